The third-order valence-corrected chi connectivity index (χ3v) is 3.66. The molecule has 2 aromatic heterocycles. The van der Waals surface area contributed by atoms with Gasteiger partial charge in [-0.25, -0.2) is 4.68 Å². The first-order chi connectivity index (χ1) is 8.18. The van der Waals surface area contributed by atoms with Crippen molar-refractivity contribution in [3.63, 3.8) is 0 Å². The number of hydrogen-bond donors (Lipinski definition) is 0. The molecule has 2 aromatic rings. The number of carbonyl (C=O) groups is 1. The summed E-state index contributed by atoms with van der Waals surface area (Å²) in [6.07, 6.45) is 1.43. The summed E-state index contributed by atoms with van der Waals surface area (Å²) in [7, 11) is 1.79. The second-order valence-corrected chi connectivity index (χ2v) is 4.68. The lowest BCUT2D eigenvalue weighted by atomic mass is 10.2. The molecule has 0 aliphatic heterocycles. The molecule has 0 N–H and O–H groups in total. The van der Waals surface area contributed by atoms with Crippen molar-refractivity contribution in [2.45, 2.75) is 19.5 Å². The van der Waals surface area contributed by atoms with Crippen LogP contribution in [0.25, 0.3) is 0 Å². The van der Waals surface area contributed by atoms with Gasteiger partial charge >= 0.3 is 0 Å². The molecule has 0 fully saturated rings. The molecule has 17 heavy (non-hydrogen) atoms. The van der Waals surface area contributed by atoms with Crippen LogP contribution in [0.3, 0.4) is 0 Å². The molecule has 1 atom stereocenters. The van der Waals surface area contributed by atoms with Gasteiger partial charge in [-0.3, -0.25) is 4.79 Å². The number of nitrogens with zero attached hydrogens (tertiary/aromatic N) is 5. The summed E-state index contributed by atoms with van der Waals surface area (Å²) in [5.41, 5.74) is 0. The average Bonchev–Trinajstić information content (AvgIpc) is 2.99. The summed E-state index contributed by atoms with van der Waals surface area (Å²) >= 11 is 1.64. The summed E-state index contributed by atoms with van der Waals surface area (Å²) in [6.45, 7) is 2.17. The Kier molecular flexibility index (Phi) is 3.48. The van der Waals surface area contributed by atoms with Gasteiger partial charge < -0.3 is 4.90 Å². The van der Waals surface area contributed by atoms with Gasteiger partial charge in [0.05, 0.1) is 6.04 Å². The average molecular weight is 251 g/mol. The molecule has 0 saturated heterocycles. The van der Waals surface area contributed by atoms with Crippen LogP contribution in [0.4, 0.5) is 0 Å². The zero-order valence-corrected chi connectivity index (χ0v) is 10.5. The molecule has 2 rings (SSSR count). The molecule has 2 heterocycles. The van der Waals surface area contributed by atoms with E-state index in [1.54, 1.807) is 23.3 Å². The summed E-state index contributed by atoms with van der Waals surface area (Å²) in [4.78, 5) is 14.8. The van der Waals surface area contributed by atoms with E-state index in [0.717, 1.165) is 4.88 Å². The fourth-order valence-corrected chi connectivity index (χ4v) is 2.27. The van der Waals surface area contributed by atoms with Crippen LogP contribution in [0.15, 0.2) is 23.8 Å². The second-order valence-electron chi connectivity index (χ2n) is 3.70. The number of tetrazole rings is 1. The third-order valence-electron chi connectivity index (χ3n) is 2.62. The van der Waals surface area contributed by atoms with Gasteiger partial charge in [-0.05, 0) is 28.8 Å². The molecule has 7 heteroatoms. The van der Waals surface area contributed by atoms with Crippen molar-refractivity contribution < 1.29 is 4.79 Å². The molecule has 0 saturated carbocycles. The molecule has 1 unspecified atom stereocenters. The molecule has 90 valence electrons. The molecule has 1 amide bonds. The Hall–Kier alpha value is -1.76. The maximum Gasteiger partial charge on any atom is 0.244 e. The van der Waals surface area contributed by atoms with Crippen LogP contribution in [-0.4, -0.2) is 38.1 Å². The Balaban J connectivity index is 2.00. The van der Waals surface area contributed by atoms with Crippen LogP contribution < -0.4 is 0 Å². The molecule has 0 spiro atoms. The summed E-state index contributed by atoms with van der Waals surface area (Å²) in [5, 5.41) is 12.7. The van der Waals surface area contributed by atoms with Crippen molar-refractivity contribution >= 4 is 17.2 Å². The summed E-state index contributed by atoms with van der Waals surface area (Å²) in [6, 6.07) is 4.07. The molecule has 0 aliphatic rings. The van der Waals surface area contributed by atoms with Gasteiger partial charge in [0.25, 0.3) is 0 Å². The number of hydrogen-bond acceptors (Lipinski definition) is 5. The van der Waals surface area contributed by atoms with E-state index in [2.05, 4.69) is 15.5 Å². The van der Waals surface area contributed by atoms with Gasteiger partial charge in [-0.1, -0.05) is 6.07 Å². The number of rotatable bonds is 4. The zero-order valence-electron chi connectivity index (χ0n) is 9.65. The SMILES string of the molecule is CC(c1cccs1)N(C)C(=O)Cn1cnnn1. The normalized spacial score (nSPS) is 12.4. The van der Waals surface area contributed by atoms with Gasteiger partial charge in [0, 0.05) is 11.9 Å². The number of thiophene rings is 1. The van der Waals surface area contributed by atoms with Crippen molar-refractivity contribution in [3.05, 3.63) is 28.7 Å². The minimum absolute atomic E-state index is 0.0156. The Labute approximate surface area is 103 Å². The number of likely N-dealkylation sites (N-methyl/N-ethyl adjacent to an activating group) is 1. The van der Waals surface area contributed by atoms with Crippen molar-refractivity contribution in [1.29, 1.82) is 0 Å². The Bertz CT molecular complexity index is 467. The molecular weight excluding hydrogens is 238 g/mol. The van der Waals surface area contributed by atoms with Crippen molar-refractivity contribution in [2.24, 2.45) is 0 Å². The van der Waals surface area contributed by atoms with E-state index in [1.165, 1.54) is 11.0 Å². The van der Waals surface area contributed by atoms with Crippen LogP contribution in [-0.2, 0) is 11.3 Å². The van der Waals surface area contributed by atoms with Crippen molar-refractivity contribution in [3.8, 4) is 0 Å². The molecule has 0 radical (unpaired) electrons. The van der Waals surface area contributed by atoms with E-state index in [1.807, 2.05) is 24.4 Å². The van der Waals surface area contributed by atoms with E-state index in [9.17, 15) is 4.79 Å². The maximum absolute atomic E-state index is 12.0. The van der Waals surface area contributed by atoms with Gasteiger partial charge in [0.2, 0.25) is 5.91 Å². The second kappa shape index (κ2) is 5.05. The first kappa shape index (κ1) is 11.7. The van der Waals surface area contributed by atoms with Gasteiger partial charge in [0.15, 0.2) is 0 Å². The van der Waals surface area contributed by atoms with Crippen LogP contribution in [0, 0.1) is 0 Å². The van der Waals surface area contributed by atoms with E-state index in [-0.39, 0.29) is 18.5 Å². The van der Waals surface area contributed by atoms with Gasteiger partial charge in [-0.15, -0.1) is 16.4 Å². The van der Waals surface area contributed by atoms with E-state index >= 15 is 0 Å². The first-order valence-electron chi connectivity index (χ1n) is 5.18. The van der Waals surface area contributed by atoms with E-state index in [4.69, 9.17) is 0 Å². The predicted molar refractivity (Wildman–Crippen MR) is 63.3 cm³/mol. The predicted octanol–water partition coefficient (Wildman–Crippen LogP) is 0.954. The lowest BCUT2D eigenvalue weighted by molar-refractivity contribution is -0.132. The highest BCUT2D eigenvalue weighted by Crippen LogP contribution is 2.23. The topological polar surface area (TPSA) is 63.9 Å². The first-order valence-corrected chi connectivity index (χ1v) is 6.06. The molecule has 0 aliphatic carbocycles. The van der Waals surface area contributed by atoms with Crippen LogP contribution in [0.1, 0.15) is 17.8 Å². The highest BCUT2D eigenvalue weighted by atomic mass is 32.1. The van der Waals surface area contributed by atoms with Crippen LogP contribution >= 0.6 is 11.3 Å². The highest BCUT2D eigenvalue weighted by molar-refractivity contribution is 7.10. The molecule has 0 bridgehead atoms. The fourth-order valence-electron chi connectivity index (χ4n) is 1.44. The number of carbonyl (C=O) groups excluding carboxylic acids is 1. The lowest BCUT2D eigenvalue weighted by Crippen LogP contribution is -2.32. The van der Waals surface area contributed by atoms with Gasteiger partial charge in [0.1, 0.15) is 12.9 Å². The van der Waals surface area contributed by atoms with Gasteiger partial charge in [-0.2, -0.15) is 0 Å². The van der Waals surface area contributed by atoms with Crippen molar-refractivity contribution in [1.82, 2.24) is 25.1 Å². The quantitative estimate of drug-likeness (QED) is 0.811. The number of aromatic nitrogens is 4. The van der Waals surface area contributed by atoms with Crippen LogP contribution in [0.2, 0.25) is 0 Å². The minimum atomic E-state index is -0.0156. The standard InChI is InChI=1S/C10H13N5OS/c1-8(9-4-3-5-17-9)14(2)10(16)6-15-7-11-12-13-15/h3-5,7-8H,6H2,1-2H3. The summed E-state index contributed by atoms with van der Waals surface area (Å²) < 4.78 is 1.42. The summed E-state index contributed by atoms with van der Waals surface area (Å²) in [5.74, 6) is -0.0156. The monoisotopic (exact) mass is 251 g/mol. The highest BCUT2D eigenvalue weighted by Gasteiger charge is 2.18. The lowest BCUT2D eigenvalue weighted by Gasteiger charge is -2.23. The molecule has 6 nitrogen and oxygen atoms in total. The largest absolute Gasteiger partial charge is 0.337 e. The Morgan fingerprint density at radius 1 is 1.65 bits per heavy atom. The van der Waals surface area contributed by atoms with Crippen LogP contribution in [0.5, 0.6) is 0 Å². The van der Waals surface area contributed by atoms with Crippen molar-refractivity contribution in [2.75, 3.05) is 7.05 Å². The maximum atomic E-state index is 12.0. The molecular formula is C10H13N5OS. The Morgan fingerprint density at radius 2 is 2.47 bits per heavy atom. The smallest absolute Gasteiger partial charge is 0.244 e. The zero-order chi connectivity index (χ0) is 12.3. The number of amides is 1. The van der Waals surface area contributed by atoms with E-state index in [0.29, 0.717) is 0 Å². The molecule has 0 aromatic carbocycles. The van der Waals surface area contributed by atoms with E-state index < -0.39 is 0 Å². The third kappa shape index (κ3) is 2.68. The minimum Gasteiger partial charge on any atom is -0.337 e. The Morgan fingerprint density at radius 3 is 3.06 bits per heavy atom. The fraction of sp³-hybridized carbons (Fsp3) is 0.400.